The summed E-state index contributed by atoms with van der Waals surface area (Å²) in [6.07, 6.45) is 2.58. The highest BCUT2D eigenvalue weighted by atomic mass is 16.2. The third kappa shape index (κ3) is 4.62. The monoisotopic (exact) mass is 250 g/mol. The maximum absolute atomic E-state index is 8.84. The zero-order chi connectivity index (χ0) is 13.3. The molecule has 0 aliphatic carbocycles. The number of aliphatic hydroxyl groups is 1. The lowest BCUT2D eigenvalue weighted by atomic mass is 10.1. The highest BCUT2D eigenvalue weighted by Crippen LogP contribution is 2.05. The maximum atomic E-state index is 8.84. The molecular weight excluding hydrogens is 232 g/mol. The van der Waals surface area contributed by atoms with E-state index in [1.54, 1.807) is 0 Å². The molecule has 1 nitrogen and oxygen atoms in total. The van der Waals surface area contributed by atoms with Crippen LogP contribution in [-0.2, 0) is 12.8 Å². The molecule has 0 heterocycles. The fourth-order valence-electron chi connectivity index (χ4n) is 1.90. The minimum absolute atomic E-state index is 0.197. The average Bonchev–Trinajstić information content (AvgIpc) is 2.47. The molecule has 2 aromatic carbocycles. The summed E-state index contributed by atoms with van der Waals surface area (Å²) < 4.78 is 0. The van der Waals surface area contributed by atoms with Crippen molar-refractivity contribution in [2.24, 2.45) is 0 Å². The van der Waals surface area contributed by atoms with Gasteiger partial charge in [-0.1, -0.05) is 54.3 Å². The lowest BCUT2D eigenvalue weighted by Crippen LogP contribution is -1.89. The summed E-state index contributed by atoms with van der Waals surface area (Å²) in [6.45, 7) is 0.197. The first-order chi connectivity index (χ1) is 9.38. The van der Waals surface area contributed by atoms with Crippen molar-refractivity contribution >= 4 is 0 Å². The molecule has 0 fully saturated rings. The Hall–Kier alpha value is -2.04. The topological polar surface area (TPSA) is 20.2 Å². The molecule has 0 unspecified atom stereocenters. The van der Waals surface area contributed by atoms with Crippen molar-refractivity contribution in [3.05, 3.63) is 71.3 Å². The minimum atomic E-state index is 0.197. The SMILES string of the molecule is OCCc1ccc(C#CCCc2ccccc2)cc1. The molecule has 0 amide bonds. The van der Waals surface area contributed by atoms with Crippen molar-refractivity contribution in [1.82, 2.24) is 0 Å². The van der Waals surface area contributed by atoms with E-state index in [0.717, 1.165) is 24.0 Å². The van der Waals surface area contributed by atoms with E-state index in [9.17, 15) is 0 Å². The molecule has 96 valence electrons. The first-order valence-corrected chi connectivity index (χ1v) is 6.61. The number of aliphatic hydroxyl groups excluding tert-OH is 1. The van der Waals surface area contributed by atoms with Crippen molar-refractivity contribution in [2.75, 3.05) is 6.61 Å². The van der Waals surface area contributed by atoms with E-state index >= 15 is 0 Å². The summed E-state index contributed by atoms with van der Waals surface area (Å²) >= 11 is 0. The van der Waals surface area contributed by atoms with Gasteiger partial charge in [0.1, 0.15) is 0 Å². The van der Waals surface area contributed by atoms with E-state index < -0.39 is 0 Å². The maximum Gasteiger partial charge on any atom is 0.0471 e. The van der Waals surface area contributed by atoms with Crippen LogP contribution in [0.4, 0.5) is 0 Å². The molecule has 0 radical (unpaired) electrons. The molecule has 0 aromatic heterocycles. The zero-order valence-corrected chi connectivity index (χ0v) is 11.0. The molecule has 0 saturated carbocycles. The van der Waals surface area contributed by atoms with E-state index in [-0.39, 0.29) is 6.61 Å². The molecule has 0 spiro atoms. The molecule has 2 aromatic rings. The van der Waals surface area contributed by atoms with Gasteiger partial charge in [-0.3, -0.25) is 0 Å². The van der Waals surface area contributed by atoms with Gasteiger partial charge in [0.05, 0.1) is 0 Å². The second-order valence-electron chi connectivity index (χ2n) is 4.46. The summed E-state index contributed by atoms with van der Waals surface area (Å²) in [4.78, 5) is 0. The Kier molecular flexibility index (Phi) is 5.22. The Morgan fingerprint density at radius 2 is 1.47 bits per heavy atom. The van der Waals surface area contributed by atoms with E-state index in [1.807, 2.05) is 30.3 Å². The van der Waals surface area contributed by atoms with E-state index in [2.05, 4.69) is 36.1 Å². The Bertz CT molecular complexity index is 544. The highest BCUT2D eigenvalue weighted by molar-refractivity contribution is 5.36. The summed E-state index contributed by atoms with van der Waals surface area (Å²) in [6, 6.07) is 18.5. The van der Waals surface area contributed by atoms with Gasteiger partial charge in [-0.15, -0.1) is 0 Å². The van der Waals surface area contributed by atoms with Crippen molar-refractivity contribution in [1.29, 1.82) is 0 Å². The number of benzene rings is 2. The number of hydrogen-bond donors (Lipinski definition) is 1. The standard InChI is InChI=1S/C18H18O/c19-15-14-18-12-10-17(11-13-18)9-5-4-8-16-6-2-1-3-7-16/h1-3,6-7,10-13,19H,4,8,14-15H2. The van der Waals surface area contributed by atoms with Crippen LogP contribution < -0.4 is 0 Å². The van der Waals surface area contributed by atoms with Gasteiger partial charge in [0.15, 0.2) is 0 Å². The molecular formula is C18H18O. The Morgan fingerprint density at radius 1 is 0.789 bits per heavy atom. The summed E-state index contributed by atoms with van der Waals surface area (Å²) in [7, 11) is 0. The van der Waals surface area contributed by atoms with E-state index in [1.165, 1.54) is 5.56 Å². The normalized spacial score (nSPS) is 9.74. The van der Waals surface area contributed by atoms with Gasteiger partial charge in [0, 0.05) is 18.6 Å². The number of hydrogen-bond acceptors (Lipinski definition) is 1. The Balaban J connectivity index is 1.86. The smallest absolute Gasteiger partial charge is 0.0471 e. The molecule has 1 heteroatoms. The van der Waals surface area contributed by atoms with Gasteiger partial charge in [0.25, 0.3) is 0 Å². The quantitative estimate of drug-likeness (QED) is 0.826. The van der Waals surface area contributed by atoms with Crippen molar-refractivity contribution in [3.63, 3.8) is 0 Å². The number of rotatable bonds is 4. The molecule has 0 bridgehead atoms. The predicted octanol–water partition coefficient (Wildman–Crippen LogP) is 3.21. The zero-order valence-electron chi connectivity index (χ0n) is 11.0. The van der Waals surface area contributed by atoms with E-state index in [0.29, 0.717) is 6.42 Å². The second kappa shape index (κ2) is 7.41. The molecule has 0 atom stereocenters. The first kappa shape index (κ1) is 13.4. The van der Waals surface area contributed by atoms with Crippen LogP contribution in [0.1, 0.15) is 23.1 Å². The van der Waals surface area contributed by atoms with Gasteiger partial charge < -0.3 is 5.11 Å². The first-order valence-electron chi connectivity index (χ1n) is 6.61. The van der Waals surface area contributed by atoms with Crippen LogP contribution >= 0.6 is 0 Å². The fourth-order valence-corrected chi connectivity index (χ4v) is 1.90. The number of aryl methyl sites for hydroxylation is 1. The molecule has 19 heavy (non-hydrogen) atoms. The molecule has 2 rings (SSSR count). The van der Waals surface area contributed by atoms with Crippen molar-refractivity contribution < 1.29 is 5.11 Å². The summed E-state index contributed by atoms with van der Waals surface area (Å²) in [5.74, 6) is 6.37. The minimum Gasteiger partial charge on any atom is -0.396 e. The van der Waals surface area contributed by atoms with Gasteiger partial charge in [-0.05, 0) is 36.1 Å². The van der Waals surface area contributed by atoms with Crippen LogP contribution in [0.5, 0.6) is 0 Å². The lowest BCUT2D eigenvalue weighted by Gasteiger charge is -1.97. The van der Waals surface area contributed by atoms with Crippen LogP contribution in [0.25, 0.3) is 0 Å². The predicted molar refractivity (Wildman–Crippen MR) is 78.9 cm³/mol. The molecule has 0 saturated heterocycles. The average molecular weight is 250 g/mol. The molecule has 0 aliphatic heterocycles. The Morgan fingerprint density at radius 3 is 2.16 bits per heavy atom. The summed E-state index contributed by atoms with van der Waals surface area (Å²) in [5, 5.41) is 8.84. The summed E-state index contributed by atoms with van der Waals surface area (Å²) in [5.41, 5.74) is 3.52. The van der Waals surface area contributed by atoms with Crippen LogP contribution in [0.15, 0.2) is 54.6 Å². The van der Waals surface area contributed by atoms with Crippen LogP contribution in [0.2, 0.25) is 0 Å². The van der Waals surface area contributed by atoms with Gasteiger partial charge in [0.2, 0.25) is 0 Å². The fraction of sp³-hybridized carbons (Fsp3) is 0.222. The van der Waals surface area contributed by atoms with Crippen LogP contribution in [-0.4, -0.2) is 11.7 Å². The third-order valence-electron chi connectivity index (χ3n) is 2.97. The van der Waals surface area contributed by atoms with Crippen LogP contribution in [0, 0.1) is 11.8 Å². The van der Waals surface area contributed by atoms with Gasteiger partial charge in [-0.2, -0.15) is 0 Å². The van der Waals surface area contributed by atoms with Gasteiger partial charge in [-0.25, -0.2) is 0 Å². The van der Waals surface area contributed by atoms with Crippen LogP contribution in [0.3, 0.4) is 0 Å². The van der Waals surface area contributed by atoms with Crippen molar-refractivity contribution in [3.8, 4) is 11.8 Å². The van der Waals surface area contributed by atoms with Gasteiger partial charge >= 0.3 is 0 Å². The third-order valence-corrected chi connectivity index (χ3v) is 2.97. The second-order valence-corrected chi connectivity index (χ2v) is 4.46. The molecule has 0 aliphatic rings. The lowest BCUT2D eigenvalue weighted by molar-refractivity contribution is 0.299. The van der Waals surface area contributed by atoms with Crippen molar-refractivity contribution in [2.45, 2.75) is 19.3 Å². The highest BCUT2D eigenvalue weighted by Gasteiger charge is 1.92. The molecule has 1 N–H and O–H groups in total. The van der Waals surface area contributed by atoms with E-state index in [4.69, 9.17) is 5.11 Å². The largest absolute Gasteiger partial charge is 0.396 e. The Labute approximate surface area is 114 Å².